The van der Waals surface area contributed by atoms with Crippen molar-refractivity contribution < 1.29 is 174 Å². The fourth-order valence-electron chi connectivity index (χ4n) is 10.8. The summed E-state index contributed by atoms with van der Waals surface area (Å²) in [5, 5.41) is 234. The summed E-state index contributed by atoms with van der Waals surface area (Å²) < 4.78 is 80.5. The molecule has 0 radical (unpaired) electrons. The van der Waals surface area contributed by atoms with Gasteiger partial charge in [0.25, 0.3) is 0 Å². The Hall–Kier alpha value is -1.44. The van der Waals surface area contributed by atoms with E-state index < -0.39 is 261 Å². The first-order valence-corrected chi connectivity index (χ1v) is 25.8. The zero-order valence-electron chi connectivity index (χ0n) is 42.2. The second kappa shape index (κ2) is 27.9. The molecule has 0 saturated carbocycles. The molecule has 80 heavy (non-hydrogen) atoms. The minimum Gasteiger partial charge on any atom is -0.395 e. The van der Waals surface area contributed by atoms with Crippen LogP contribution in [0.2, 0.25) is 0 Å². The molecule has 466 valence electrons. The van der Waals surface area contributed by atoms with Crippen molar-refractivity contribution in [2.45, 2.75) is 215 Å². The zero-order chi connectivity index (χ0) is 58.2. The normalized spacial score (nSPS) is 53.7. The Bertz CT molecular complexity index is 1880. The number of rotatable bonds is 10. The van der Waals surface area contributed by atoms with E-state index in [1.165, 1.54) is 0 Å². The van der Waals surface area contributed by atoms with Gasteiger partial charge >= 0.3 is 0 Å². The van der Waals surface area contributed by atoms with Crippen LogP contribution in [-0.2, 0) is 66.3 Å². The highest BCUT2D eigenvalue weighted by Crippen LogP contribution is 2.39. The molecule has 21 heterocycles. The molecule has 21 fully saturated rings. The van der Waals surface area contributed by atoms with Gasteiger partial charge in [0, 0.05) is 13.1 Å². The van der Waals surface area contributed by atoms with Crippen molar-refractivity contribution in [3.63, 3.8) is 0 Å². The summed E-state index contributed by atoms with van der Waals surface area (Å²) in [6, 6.07) is 0. The molecule has 0 aromatic heterocycles. The van der Waals surface area contributed by atoms with Crippen LogP contribution in [0.25, 0.3) is 0 Å². The van der Waals surface area contributed by atoms with Crippen molar-refractivity contribution in [1.29, 1.82) is 0 Å². The van der Waals surface area contributed by atoms with Crippen LogP contribution < -0.4 is 5.32 Å². The van der Waals surface area contributed by atoms with Crippen molar-refractivity contribution in [3.8, 4) is 0 Å². The lowest BCUT2D eigenvalue weighted by atomic mass is 9.95. The monoisotopic (exact) mass is 1180 g/mol. The van der Waals surface area contributed by atoms with Crippen molar-refractivity contribution in [3.05, 3.63) is 0 Å². The third kappa shape index (κ3) is 13.0. The van der Waals surface area contributed by atoms with Gasteiger partial charge in [-0.3, -0.25) is 0 Å². The zero-order valence-corrected chi connectivity index (χ0v) is 42.2. The number of aliphatic hydroxyl groups excluding tert-OH is 21. The van der Waals surface area contributed by atoms with E-state index >= 15 is 0 Å². The molecule has 14 bridgehead atoms. The van der Waals surface area contributed by atoms with Gasteiger partial charge in [0.2, 0.25) is 0 Å². The highest BCUT2D eigenvalue weighted by Gasteiger charge is 2.59. The maximum absolute atomic E-state index is 11.6. The van der Waals surface area contributed by atoms with Gasteiger partial charge in [0.05, 0.1) is 46.2 Å². The molecule has 0 spiro atoms. The topological polar surface area (TPSA) is 566 Å². The van der Waals surface area contributed by atoms with Gasteiger partial charge in [-0.15, -0.1) is 0 Å². The van der Waals surface area contributed by atoms with E-state index in [1.54, 1.807) is 0 Å². The smallest absolute Gasteiger partial charge is 0.187 e. The molecule has 21 saturated heterocycles. The van der Waals surface area contributed by atoms with Crippen LogP contribution in [0.5, 0.6) is 0 Å². The van der Waals surface area contributed by atoms with Crippen LogP contribution in [0.3, 0.4) is 0 Å². The van der Waals surface area contributed by atoms with Crippen LogP contribution in [0.1, 0.15) is 0 Å². The number of nitrogens with one attached hydrogen (secondary N) is 1. The largest absolute Gasteiger partial charge is 0.395 e. The summed E-state index contributed by atoms with van der Waals surface area (Å²) in [5.41, 5.74) is 0. The van der Waals surface area contributed by atoms with Gasteiger partial charge < -0.3 is 179 Å². The van der Waals surface area contributed by atoms with Crippen LogP contribution >= 0.6 is 0 Å². The molecule has 0 aliphatic carbocycles. The predicted octanol–water partition coefficient (Wildman–Crippen LogP) is -15.6. The fourth-order valence-corrected chi connectivity index (χ4v) is 10.8. The average Bonchev–Trinajstić information content (AvgIpc) is 3.50. The third-order valence-electron chi connectivity index (χ3n) is 15.2. The average molecular weight is 1180 g/mol. The maximum Gasteiger partial charge on any atom is 0.187 e. The van der Waals surface area contributed by atoms with E-state index in [0.717, 1.165) is 0 Å². The number of hydrogen-bond donors (Lipinski definition) is 22. The summed E-state index contributed by atoms with van der Waals surface area (Å²) in [4.78, 5) is 0. The van der Waals surface area contributed by atoms with E-state index in [9.17, 15) is 107 Å². The predicted molar refractivity (Wildman–Crippen MR) is 241 cm³/mol. The Morgan fingerprint density at radius 3 is 0.537 bits per heavy atom. The first-order chi connectivity index (χ1) is 38.2. The van der Waals surface area contributed by atoms with Crippen molar-refractivity contribution in [1.82, 2.24) is 5.32 Å². The molecule has 21 aliphatic heterocycles. The van der Waals surface area contributed by atoms with Crippen LogP contribution in [0.15, 0.2) is 0 Å². The number of aliphatic hydroxyl groups is 21. The first kappa shape index (κ1) is 64.6. The van der Waals surface area contributed by atoms with Crippen molar-refractivity contribution in [2.24, 2.45) is 0 Å². The molecule has 36 nitrogen and oxygen atoms in total. The molecule has 36 heteroatoms. The van der Waals surface area contributed by atoms with Gasteiger partial charge in [-0.2, -0.15) is 0 Å². The van der Waals surface area contributed by atoms with Crippen LogP contribution in [-0.4, -0.2) is 382 Å². The van der Waals surface area contributed by atoms with E-state index in [0.29, 0.717) is 0 Å². The second-order valence-electron chi connectivity index (χ2n) is 20.4. The number of hydrogen-bond acceptors (Lipinski definition) is 36. The van der Waals surface area contributed by atoms with Gasteiger partial charge in [-0.25, -0.2) is 0 Å². The number of ether oxygens (including phenoxy) is 14. The van der Waals surface area contributed by atoms with Crippen molar-refractivity contribution in [2.75, 3.05) is 59.3 Å². The van der Waals surface area contributed by atoms with E-state index in [2.05, 4.69) is 5.32 Å². The minimum absolute atomic E-state index is 0.0951. The maximum atomic E-state index is 11.6. The van der Waals surface area contributed by atoms with E-state index in [1.807, 2.05) is 0 Å². The second-order valence-corrected chi connectivity index (χ2v) is 20.4. The van der Waals surface area contributed by atoms with Gasteiger partial charge in [0.1, 0.15) is 171 Å². The van der Waals surface area contributed by atoms with E-state index in [4.69, 9.17) is 66.3 Å². The lowest BCUT2D eigenvalue weighted by Gasteiger charge is -2.50. The third-order valence-corrected chi connectivity index (χ3v) is 15.2. The molecule has 0 amide bonds. The SMILES string of the molecule is OCCNC[C@H]1O[C@@H]2O[C@H]3[C@H](O)[C@@H](O)[C@@H](O[C@H]4[C@H](O)[C@@H](O)[C@@H](O[C@H]5[C@H](O)[C@@H](O)[C@@H](O[C@H]6[C@H](O)[C@@H](O)[C@@H](O[C@H]7[C@H](O)[C@@H](O)[C@@H](O[C@H]8[C@H](O)[C@@H](O)[C@@H](O[C@H]1[C@H](O)[C@H]2O)O[C@@H]8CO)O[C@@H]7CO)O[C@@H]6CO)O[C@@H]5CO)O[C@@H]4CO)O[C@@H]3CO. The lowest BCUT2D eigenvalue weighted by Crippen LogP contribution is -2.68. The summed E-state index contributed by atoms with van der Waals surface area (Å²) in [6.45, 7) is -7.12. The summed E-state index contributed by atoms with van der Waals surface area (Å²) in [7, 11) is 0. The molecular weight excluding hydrogens is 1100 g/mol. The molecule has 0 aromatic rings. The Morgan fingerprint density at radius 2 is 0.375 bits per heavy atom. The molecule has 22 N–H and O–H groups in total. The quantitative estimate of drug-likeness (QED) is 0.0903. The van der Waals surface area contributed by atoms with Gasteiger partial charge in [-0.05, 0) is 0 Å². The molecule has 21 aliphatic rings. The Morgan fingerprint density at radius 1 is 0.212 bits per heavy atom. The summed E-state index contributed by atoms with van der Waals surface area (Å²) >= 11 is 0. The molecule has 0 unspecified atom stereocenters. The Kier molecular flexibility index (Phi) is 22.5. The molecule has 35 atom stereocenters. The molecule has 21 rings (SSSR count). The van der Waals surface area contributed by atoms with Gasteiger partial charge in [0.15, 0.2) is 44.0 Å². The van der Waals surface area contributed by atoms with Gasteiger partial charge in [-0.1, -0.05) is 0 Å². The Balaban J connectivity index is 1.09. The molecule has 0 aromatic carbocycles. The standard InChI is InChI=1S/C44H75NO35/c46-2-1-45-3-10-31-17(53)24(60)38(67-10)75-32-11(4-47)69-40(26(62)19(32)55)77-34-13(6-49)71-42(28(64)21(34)57)79-36-15(8-51)73-44(30(66)23(36)59)80-37-16(9-52)72-43(29(65)22(37)58)78-35-14(7-50)70-41(27(63)20(35)56)76-33-12(5-48)68-39(74-31)25(61)18(33)54/h10-66H,1-9H2/t10-,11-,12-,13-,14-,15-,16-,17-,18-,19-,20-,21-,22-,23-,24-,25-,26-,27-,28-,29-,30-,31-,32-,33-,34-,35-,36-,37-,38-,39-,40-,41-,42-,43-,44-/m1/s1. The highest BCUT2D eigenvalue weighted by atomic mass is 16.8. The first-order valence-electron chi connectivity index (χ1n) is 25.8. The summed E-state index contributed by atoms with van der Waals surface area (Å²) in [6.07, 6.45) is -69.6. The lowest BCUT2D eigenvalue weighted by molar-refractivity contribution is -0.396. The Labute approximate surface area is 452 Å². The fraction of sp³-hybridized carbons (Fsp3) is 1.00. The van der Waals surface area contributed by atoms with Crippen LogP contribution in [0, 0.1) is 0 Å². The summed E-state index contributed by atoms with van der Waals surface area (Å²) in [5.74, 6) is 0. The highest BCUT2D eigenvalue weighted by molar-refractivity contribution is 5.02. The van der Waals surface area contributed by atoms with Crippen molar-refractivity contribution >= 4 is 0 Å². The molecular formula is C44H75NO35. The van der Waals surface area contributed by atoms with Crippen LogP contribution in [0.4, 0.5) is 0 Å². The van der Waals surface area contributed by atoms with E-state index in [-0.39, 0.29) is 13.1 Å². The minimum atomic E-state index is -2.21.